The van der Waals surface area contributed by atoms with Crippen LogP contribution >= 0.6 is 24.8 Å². The molecule has 2 aliphatic rings. The zero-order valence-corrected chi connectivity index (χ0v) is 26.1. The molecule has 3 aromatic rings. The fourth-order valence-corrected chi connectivity index (χ4v) is 5.92. The van der Waals surface area contributed by atoms with Crippen molar-refractivity contribution in [2.45, 2.75) is 30.9 Å². The topological polar surface area (TPSA) is 61.0 Å². The highest BCUT2D eigenvalue weighted by molar-refractivity contribution is 5.95. The molecule has 3 heterocycles. The third kappa shape index (κ3) is 9.05. The second kappa shape index (κ2) is 15.4. The van der Waals surface area contributed by atoms with E-state index in [9.17, 15) is 31.1 Å². The van der Waals surface area contributed by atoms with Gasteiger partial charge < -0.3 is 19.4 Å². The molecule has 45 heavy (non-hydrogen) atoms. The van der Waals surface area contributed by atoms with E-state index >= 15 is 0 Å². The van der Waals surface area contributed by atoms with Gasteiger partial charge in [0, 0.05) is 81.6 Å². The number of methoxy groups -OCH3 is 1. The van der Waals surface area contributed by atoms with Crippen LogP contribution < -0.4 is 0 Å². The van der Waals surface area contributed by atoms with Crippen molar-refractivity contribution in [1.29, 1.82) is 0 Å². The minimum absolute atomic E-state index is 0. The van der Waals surface area contributed by atoms with E-state index in [-0.39, 0.29) is 43.5 Å². The van der Waals surface area contributed by atoms with Crippen molar-refractivity contribution in [3.8, 4) is 0 Å². The van der Waals surface area contributed by atoms with Gasteiger partial charge in [0.15, 0.2) is 0 Å². The summed E-state index contributed by atoms with van der Waals surface area (Å²) in [5.41, 5.74) is -1.83. The predicted octanol–water partition coefficient (Wildman–Crippen LogP) is 5.77. The van der Waals surface area contributed by atoms with Gasteiger partial charge in [0.05, 0.1) is 30.4 Å². The number of fused-ring (bicyclic) bond motifs is 1. The second-order valence-electron chi connectivity index (χ2n) is 11.1. The molecule has 1 amide bonds. The highest BCUT2D eigenvalue weighted by Gasteiger charge is 2.39. The average molecular weight is 686 g/mol. The Morgan fingerprint density at radius 1 is 0.933 bits per heavy atom. The Morgan fingerprint density at radius 3 is 2.22 bits per heavy atom. The van der Waals surface area contributed by atoms with Gasteiger partial charge in [-0.2, -0.15) is 26.3 Å². The van der Waals surface area contributed by atoms with Gasteiger partial charge in [-0.25, -0.2) is 0 Å². The van der Waals surface area contributed by atoms with Crippen LogP contribution in [0.5, 0.6) is 0 Å². The quantitative estimate of drug-likeness (QED) is 0.306. The number of carbonyl (C=O) groups excluding carboxylic acids is 1. The highest BCUT2D eigenvalue weighted by atomic mass is 35.5. The lowest BCUT2D eigenvalue weighted by molar-refractivity contribution is -0.143. The average Bonchev–Trinajstić information content (AvgIpc) is 3.38. The van der Waals surface area contributed by atoms with E-state index in [2.05, 4.69) is 14.8 Å². The van der Waals surface area contributed by atoms with Crippen LogP contribution in [0.15, 0.2) is 48.7 Å². The first-order chi connectivity index (χ1) is 20.4. The van der Waals surface area contributed by atoms with E-state index in [1.165, 1.54) is 4.90 Å². The lowest BCUT2D eigenvalue weighted by Crippen LogP contribution is -2.57. The monoisotopic (exact) mass is 684 g/mol. The summed E-state index contributed by atoms with van der Waals surface area (Å²) in [6, 6.07) is 8.21. The van der Waals surface area contributed by atoms with Gasteiger partial charge in [-0.05, 0) is 36.2 Å². The molecule has 2 saturated heterocycles. The molecule has 0 aliphatic carbocycles. The molecule has 7 nitrogen and oxygen atoms in total. The molecule has 5 rings (SSSR count). The van der Waals surface area contributed by atoms with E-state index < -0.39 is 41.0 Å². The lowest BCUT2D eigenvalue weighted by atomic mass is 9.98. The fourth-order valence-electron chi connectivity index (χ4n) is 5.92. The number of hydrogen-bond donors (Lipinski definition) is 1. The summed E-state index contributed by atoms with van der Waals surface area (Å²) in [7, 11) is 1.63. The number of halogens is 8. The molecule has 1 N–H and O–H groups in total. The summed E-state index contributed by atoms with van der Waals surface area (Å²) in [6.45, 7) is 5.05. The number of carbonyl (C=O) groups is 1. The molecular formula is C30H36Cl2F6N4O3. The second-order valence-corrected chi connectivity index (χ2v) is 11.1. The number of hydrogen-bond acceptors (Lipinski definition) is 5. The number of H-pyrrole nitrogens is 1. The maximum Gasteiger partial charge on any atom is 0.416 e. The summed E-state index contributed by atoms with van der Waals surface area (Å²) >= 11 is 0. The van der Waals surface area contributed by atoms with Crippen molar-refractivity contribution < 1.29 is 40.6 Å². The van der Waals surface area contributed by atoms with E-state index in [0.29, 0.717) is 51.4 Å². The fraction of sp³-hybridized carbons (Fsp3) is 0.500. The maximum atomic E-state index is 13.7. The summed E-state index contributed by atoms with van der Waals surface area (Å²) in [5.74, 6) is -0.850. The Labute approximate surface area is 269 Å². The summed E-state index contributed by atoms with van der Waals surface area (Å²) in [4.78, 5) is 22.8. The van der Waals surface area contributed by atoms with Crippen LogP contribution in [-0.2, 0) is 28.2 Å². The Balaban J connectivity index is 0.00000276. The van der Waals surface area contributed by atoms with Crippen LogP contribution in [0, 0.1) is 0 Å². The number of nitrogens with one attached hydrogen (secondary N) is 1. The van der Waals surface area contributed by atoms with Gasteiger partial charge in [0.1, 0.15) is 0 Å². The number of para-hydroxylation sites is 1. The van der Waals surface area contributed by atoms with Gasteiger partial charge in [-0.3, -0.25) is 14.6 Å². The van der Waals surface area contributed by atoms with Gasteiger partial charge in [0.25, 0.3) is 5.91 Å². The molecule has 0 spiro atoms. The Morgan fingerprint density at radius 2 is 1.58 bits per heavy atom. The van der Waals surface area contributed by atoms with Crippen molar-refractivity contribution in [2.75, 3.05) is 66.1 Å². The molecule has 2 fully saturated rings. The smallest absolute Gasteiger partial charge is 0.382 e. The number of ether oxygens (including phenoxy) is 2. The van der Waals surface area contributed by atoms with E-state index in [4.69, 9.17) is 9.47 Å². The number of nitrogens with zero attached hydrogens (tertiary/aromatic N) is 3. The number of alkyl halides is 6. The van der Waals surface area contributed by atoms with E-state index in [1.54, 1.807) is 7.11 Å². The molecule has 0 radical (unpaired) electrons. The van der Waals surface area contributed by atoms with Crippen molar-refractivity contribution in [2.24, 2.45) is 0 Å². The number of piperazine rings is 1. The molecule has 2 aliphatic heterocycles. The molecule has 2 atom stereocenters. The molecule has 250 valence electrons. The molecule has 1 aromatic heterocycles. The zero-order chi connectivity index (χ0) is 30.8. The van der Waals surface area contributed by atoms with Crippen molar-refractivity contribution in [1.82, 2.24) is 19.7 Å². The number of amides is 1. The highest BCUT2D eigenvalue weighted by Crippen LogP contribution is 2.37. The molecule has 2 unspecified atom stereocenters. The minimum atomic E-state index is -5.04. The molecular weight excluding hydrogens is 649 g/mol. The van der Waals surface area contributed by atoms with Crippen LogP contribution in [0.25, 0.3) is 10.9 Å². The Hall–Kier alpha value is -2.55. The Kier molecular flexibility index (Phi) is 12.6. The van der Waals surface area contributed by atoms with Crippen molar-refractivity contribution >= 4 is 41.6 Å². The van der Waals surface area contributed by atoms with Gasteiger partial charge in [-0.1, -0.05) is 18.2 Å². The maximum absolute atomic E-state index is 13.7. The first-order valence-electron chi connectivity index (χ1n) is 14.1. The van der Waals surface area contributed by atoms with Gasteiger partial charge in [0.2, 0.25) is 0 Å². The van der Waals surface area contributed by atoms with Crippen LogP contribution in [-0.4, -0.2) is 104 Å². The third-order valence-electron chi connectivity index (χ3n) is 8.10. The van der Waals surface area contributed by atoms with Gasteiger partial charge in [-0.15, -0.1) is 24.8 Å². The molecule has 2 aromatic carbocycles. The normalized spacial score (nSPS) is 20.1. The van der Waals surface area contributed by atoms with Gasteiger partial charge >= 0.3 is 12.4 Å². The van der Waals surface area contributed by atoms with Crippen LogP contribution in [0.4, 0.5) is 26.3 Å². The number of aromatic nitrogens is 1. The Bertz CT molecular complexity index is 1390. The SMILES string of the molecule is COCC1CN(CCN2CCN(C(=O)c3cc(C(F)(F)F)cc(C(F)(F)F)c3)C(Cc3c[nH]c4ccccc34)C2)CCO1.Cl.Cl. The van der Waals surface area contributed by atoms with E-state index in [0.717, 1.165) is 36.1 Å². The van der Waals surface area contributed by atoms with E-state index in [1.807, 2.05) is 30.5 Å². The number of morpholine rings is 1. The number of benzene rings is 2. The minimum Gasteiger partial charge on any atom is -0.382 e. The van der Waals surface area contributed by atoms with Crippen LogP contribution in [0.3, 0.4) is 0 Å². The molecule has 15 heteroatoms. The predicted molar refractivity (Wildman–Crippen MR) is 162 cm³/mol. The summed E-state index contributed by atoms with van der Waals surface area (Å²) in [6.07, 6.45) is -7.88. The largest absolute Gasteiger partial charge is 0.416 e. The number of rotatable bonds is 8. The van der Waals surface area contributed by atoms with Crippen molar-refractivity contribution in [3.05, 3.63) is 70.9 Å². The first kappa shape index (κ1) is 36.9. The van der Waals surface area contributed by atoms with Crippen LogP contribution in [0.2, 0.25) is 0 Å². The van der Waals surface area contributed by atoms with Crippen molar-refractivity contribution in [3.63, 3.8) is 0 Å². The van der Waals surface area contributed by atoms with Crippen LogP contribution in [0.1, 0.15) is 27.0 Å². The summed E-state index contributed by atoms with van der Waals surface area (Å²) < 4.78 is 92.3. The summed E-state index contributed by atoms with van der Waals surface area (Å²) in [5, 5.41) is 0.947. The zero-order valence-electron chi connectivity index (χ0n) is 24.5. The standard InChI is InChI=1S/C30H34F6N4O3.2ClH/c1-42-19-25-18-39(10-11-43-25)7-6-38-8-9-40(24(17-38)14-21-16-37-27-5-3-2-4-26(21)27)28(41)20-12-22(29(31,32)33)15-23(13-20)30(34,35)36;;/h2-5,12-13,15-16,24-25,37H,6-11,14,17-19H2,1H3;2*1H. The first-order valence-corrected chi connectivity index (χ1v) is 14.1. The molecule has 0 bridgehead atoms. The number of aromatic amines is 1. The molecule has 0 saturated carbocycles. The third-order valence-corrected chi connectivity index (χ3v) is 8.10. The lowest BCUT2D eigenvalue weighted by Gasteiger charge is -2.42.